The molecule has 2 amide bonds. The molecule has 0 aliphatic heterocycles. The molecule has 248 valence electrons. The van der Waals surface area contributed by atoms with Gasteiger partial charge in [-0.15, -0.1) is 0 Å². The summed E-state index contributed by atoms with van der Waals surface area (Å²) >= 11 is 24.8. The first-order valence-corrected chi connectivity index (χ1v) is 16.2. The molecule has 4 aromatic carbocycles. The standard InChI is InChI=1S/C32H28Cl4N2O8S/c1-2-42-32(41)38(12-14-44-26-5-9-28(10-6-26)46-30-19-23(35)16-24(36)20-30)47-37(31(39)40)11-13-43-25-3-7-27(8-4-25)45-29-17-21(33)15-22(34)18-29/h3-10,15-20H,2,11-14H2,1H3,(H,39,40). The van der Waals surface area contributed by atoms with E-state index in [-0.39, 0.29) is 32.9 Å². The Kier molecular flexibility index (Phi) is 13.7. The van der Waals surface area contributed by atoms with Crippen molar-refractivity contribution < 1.29 is 38.4 Å². The van der Waals surface area contributed by atoms with Crippen LogP contribution in [0.2, 0.25) is 20.1 Å². The second kappa shape index (κ2) is 17.9. The van der Waals surface area contributed by atoms with Crippen LogP contribution in [-0.4, -0.2) is 58.8 Å². The number of halogens is 4. The first-order valence-electron chi connectivity index (χ1n) is 13.9. The molecule has 10 nitrogen and oxygen atoms in total. The summed E-state index contributed by atoms with van der Waals surface area (Å²) in [6.07, 6.45) is -1.98. The van der Waals surface area contributed by atoms with Crippen molar-refractivity contribution in [2.45, 2.75) is 6.92 Å². The lowest BCUT2D eigenvalue weighted by Crippen LogP contribution is -2.37. The molecule has 0 spiro atoms. The molecule has 1 N–H and O–H groups in total. The summed E-state index contributed by atoms with van der Waals surface area (Å²) in [5, 5.41) is 11.6. The Morgan fingerprint density at radius 2 is 1.00 bits per heavy atom. The molecule has 0 bridgehead atoms. The Bertz CT molecular complexity index is 1610. The van der Waals surface area contributed by atoms with Gasteiger partial charge < -0.3 is 28.8 Å². The topological polar surface area (TPSA) is 107 Å². The zero-order valence-corrected chi connectivity index (χ0v) is 28.6. The Hall–Kier alpha value is -3.87. The molecular weight excluding hydrogens is 714 g/mol. The minimum atomic E-state index is -1.27. The molecule has 0 saturated heterocycles. The second-order valence-electron chi connectivity index (χ2n) is 9.32. The minimum absolute atomic E-state index is 0.00633. The van der Waals surface area contributed by atoms with Gasteiger partial charge in [0.15, 0.2) is 0 Å². The van der Waals surface area contributed by atoms with Crippen LogP contribution in [0.4, 0.5) is 9.59 Å². The highest BCUT2D eigenvalue weighted by atomic mass is 35.5. The van der Waals surface area contributed by atoms with Crippen molar-refractivity contribution in [1.29, 1.82) is 0 Å². The predicted octanol–water partition coefficient (Wildman–Crippen LogP) is 10.3. The Labute approximate surface area is 295 Å². The number of benzene rings is 4. The van der Waals surface area contributed by atoms with E-state index in [4.69, 9.17) is 70.1 Å². The predicted molar refractivity (Wildman–Crippen MR) is 183 cm³/mol. The van der Waals surface area contributed by atoms with Gasteiger partial charge in [0.25, 0.3) is 0 Å². The fraction of sp³-hybridized carbons (Fsp3) is 0.188. The molecule has 0 fully saturated rings. The molecule has 0 atom stereocenters. The first-order chi connectivity index (χ1) is 22.6. The highest BCUT2D eigenvalue weighted by Crippen LogP contribution is 2.31. The van der Waals surface area contributed by atoms with Crippen LogP contribution in [0.15, 0.2) is 84.9 Å². The van der Waals surface area contributed by atoms with E-state index in [9.17, 15) is 14.7 Å². The number of amides is 2. The van der Waals surface area contributed by atoms with Crippen LogP contribution in [-0.2, 0) is 4.74 Å². The van der Waals surface area contributed by atoms with E-state index < -0.39 is 12.2 Å². The molecule has 0 aromatic heterocycles. The normalized spacial score (nSPS) is 10.6. The summed E-state index contributed by atoms with van der Waals surface area (Å²) in [5.41, 5.74) is 0. The van der Waals surface area contributed by atoms with Crippen LogP contribution in [0, 0.1) is 0 Å². The Balaban J connectivity index is 1.27. The van der Waals surface area contributed by atoms with E-state index in [0.717, 1.165) is 8.61 Å². The molecule has 0 radical (unpaired) electrons. The lowest BCUT2D eigenvalue weighted by atomic mass is 10.3. The van der Waals surface area contributed by atoms with Crippen LogP contribution in [0.25, 0.3) is 0 Å². The van der Waals surface area contributed by atoms with Crippen LogP contribution in [0.3, 0.4) is 0 Å². The lowest BCUT2D eigenvalue weighted by Gasteiger charge is -2.26. The van der Waals surface area contributed by atoms with Crippen LogP contribution in [0.1, 0.15) is 6.92 Å². The summed E-state index contributed by atoms with van der Waals surface area (Å²) in [4.78, 5) is 24.6. The van der Waals surface area contributed by atoms with Crippen LogP contribution < -0.4 is 18.9 Å². The maximum absolute atomic E-state index is 12.6. The highest BCUT2D eigenvalue weighted by Gasteiger charge is 2.23. The van der Waals surface area contributed by atoms with E-state index in [1.807, 2.05) is 0 Å². The van der Waals surface area contributed by atoms with E-state index >= 15 is 0 Å². The molecule has 0 unspecified atom stereocenters. The Morgan fingerprint density at radius 1 is 0.617 bits per heavy atom. The van der Waals surface area contributed by atoms with Crippen molar-refractivity contribution in [3.63, 3.8) is 0 Å². The van der Waals surface area contributed by atoms with Crippen LogP contribution in [0.5, 0.6) is 34.5 Å². The Morgan fingerprint density at radius 3 is 1.38 bits per heavy atom. The van der Waals surface area contributed by atoms with Crippen LogP contribution >= 0.6 is 58.5 Å². The quantitative estimate of drug-likeness (QED) is 0.119. The molecule has 47 heavy (non-hydrogen) atoms. The average molecular weight is 742 g/mol. The van der Waals surface area contributed by atoms with Gasteiger partial charge in [0, 0.05) is 20.1 Å². The monoisotopic (exact) mass is 740 g/mol. The van der Waals surface area contributed by atoms with Crippen molar-refractivity contribution in [3.05, 3.63) is 105 Å². The molecule has 0 heterocycles. The van der Waals surface area contributed by atoms with Crippen molar-refractivity contribution >= 4 is 70.7 Å². The van der Waals surface area contributed by atoms with E-state index in [2.05, 4.69) is 0 Å². The third-order valence-corrected chi connectivity index (χ3v) is 7.74. The number of hydrogen-bond acceptors (Lipinski definition) is 8. The van der Waals surface area contributed by atoms with Gasteiger partial charge in [0.05, 0.1) is 31.8 Å². The maximum atomic E-state index is 12.6. The molecule has 4 aromatic rings. The zero-order valence-electron chi connectivity index (χ0n) is 24.7. The minimum Gasteiger partial charge on any atom is -0.492 e. The van der Waals surface area contributed by atoms with Gasteiger partial charge in [0.1, 0.15) is 47.7 Å². The van der Waals surface area contributed by atoms with Gasteiger partial charge in [-0.1, -0.05) is 46.4 Å². The third-order valence-electron chi connectivity index (χ3n) is 5.80. The molecule has 0 aliphatic rings. The van der Waals surface area contributed by atoms with Gasteiger partial charge in [-0.3, -0.25) is 0 Å². The third kappa shape index (κ3) is 12.0. The molecule has 4 rings (SSSR count). The fourth-order valence-electron chi connectivity index (χ4n) is 3.80. The number of ether oxygens (including phenoxy) is 5. The van der Waals surface area contributed by atoms with Gasteiger partial charge in [-0.2, -0.15) is 0 Å². The van der Waals surface area contributed by atoms with Gasteiger partial charge in [0.2, 0.25) is 0 Å². The molecule has 0 saturated carbocycles. The average Bonchev–Trinajstić information content (AvgIpc) is 3.00. The summed E-state index contributed by atoms with van der Waals surface area (Å²) in [7, 11) is 0. The van der Waals surface area contributed by atoms with Crippen molar-refractivity contribution in [2.24, 2.45) is 0 Å². The summed E-state index contributed by atoms with van der Waals surface area (Å²) in [6, 6.07) is 23.3. The number of nitrogens with zero attached hydrogens (tertiary/aromatic N) is 2. The second-order valence-corrected chi connectivity index (χ2v) is 12.1. The van der Waals surface area contributed by atoms with Crippen molar-refractivity contribution in [2.75, 3.05) is 32.9 Å². The number of carbonyl (C=O) groups excluding carboxylic acids is 1. The van der Waals surface area contributed by atoms with E-state index in [1.54, 1.807) is 91.9 Å². The smallest absolute Gasteiger partial charge is 0.421 e. The molecular formula is C32H28Cl4N2O8S. The van der Waals surface area contributed by atoms with Crippen molar-refractivity contribution in [3.8, 4) is 34.5 Å². The van der Waals surface area contributed by atoms with Gasteiger partial charge >= 0.3 is 12.2 Å². The number of hydrogen-bond donors (Lipinski definition) is 1. The SMILES string of the molecule is CCOC(=O)N(CCOc1ccc(Oc2cc(Cl)cc(Cl)c2)cc1)SN(CCOc1ccc(Oc2cc(Cl)cc(Cl)c2)cc1)C(=O)O. The van der Waals surface area contributed by atoms with Gasteiger partial charge in [-0.05, 0) is 91.9 Å². The summed E-state index contributed by atoms with van der Waals surface area (Å²) < 4.78 is 30.3. The van der Waals surface area contributed by atoms with E-state index in [1.165, 1.54) is 0 Å². The maximum Gasteiger partial charge on any atom is 0.421 e. The van der Waals surface area contributed by atoms with Gasteiger partial charge in [-0.25, -0.2) is 18.2 Å². The number of rotatable bonds is 15. The fourth-order valence-corrected chi connectivity index (χ4v) is 5.55. The summed E-state index contributed by atoms with van der Waals surface area (Å²) in [6.45, 7) is 1.78. The largest absolute Gasteiger partial charge is 0.492 e. The lowest BCUT2D eigenvalue weighted by molar-refractivity contribution is 0.127. The molecule has 15 heteroatoms. The first kappa shape index (κ1) is 36.0. The molecule has 0 aliphatic carbocycles. The number of carbonyl (C=O) groups is 2. The zero-order chi connectivity index (χ0) is 33.8. The summed E-state index contributed by atoms with van der Waals surface area (Å²) in [5.74, 6) is 3.01. The highest BCUT2D eigenvalue weighted by molar-refractivity contribution is 7.95. The van der Waals surface area contributed by atoms with E-state index in [0.29, 0.717) is 66.7 Å². The number of carboxylic acid groups (broad SMARTS) is 1. The van der Waals surface area contributed by atoms with Crippen molar-refractivity contribution in [1.82, 2.24) is 8.61 Å².